The summed E-state index contributed by atoms with van der Waals surface area (Å²) in [6.07, 6.45) is 0. The molecular weight excluding hydrogens is 500 g/mol. The molecule has 0 saturated heterocycles. The summed E-state index contributed by atoms with van der Waals surface area (Å²) in [5.41, 5.74) is 14.2. The maximum absolute atomic E-state index is 10.5. The van der Waals surface area contributed by atoms with Gasteiger partial charge in [-0.3, -0.25) is 0 Å². The van der Waals surface area contributed by atoms with Gasteiger partial charge >= 0.3 is 0 Å². The smallest absolute Gasteiger partial charge is 0.146 e. The summed E-state index contributed by atoms with van der Waals surface area (Å²) < 4.78 is 0. The molecule has 7 aromatic rings. The normalized spacial score (nSPS) is 11.1. The summed E-state index contributed by atoms with van der Waals surface area (Å²) in [5.74, 6) is 0.132. The molecule has 196 valence electrons. The predicted octanol–water partition coefficient (Wildman–Crippen LogP) is 10.1. The third-order valence-electron chi connectivity index (χ3n) is 7.69. The van der Waals surface area contributed by atoms with Crippen LogP contribution < -0.4 is 10.6 Å². The van der Waals surface area contributed by atoms with Gasteiger partial charge in [0, 0.05) is 22.4 Å². The van der Waals surface area contributed by atoms with Crippen LogP contribution in [0.15, 0.2) is 152 Å². The van der Waals surface area contributed by atoms with Gasteiger partial charge in [-0.1, -0.05) is 97.1 Å². The van der Waals surface area contributed by atoms with Gasteiger partial charge in [0.1, 0.15) is 5.75 Å². The molecule has 0 radical (unpaired) electrons. The van der Waals surface area contributed by atoms with E-state index in [1.165, 1.54) is 11.1 Å². The number of phenols is 1. The van der Waals surface area contributed by atoms with Crippen LogP contribution in [0.5, 0.6) is 5.75 Å². The Kier molecular flexibility index (Phi) is 6.10. The number of aromatic hydroxyl groups is 1. The van der Waals surface area contributed by atoms with Gasteiger partial charge in [0.15, 0.2) is 0 Å². The Labute approximate surface area is 239 Å². The summed E-state index contributed by atoms with van der Waals surface area (Å²) in [6.45, 7) is 0. The molecule has 0 spiro atoms. The van der Waals surface area contributed by atoms with Crippen molar-refractivity contribution in [2.75, 3.05) is 10.6 Å². The van der Waals surface area contributed by atoms with Crippen LogP contribution in [0.1, 0.15) is 0 Å². The molecule has 0 atom stereocenters. The summed E-state index contributed by atoms with van der Waals surface area (Å²) in [5, 5.41) is 14.5. The Morgan fingerprint density at radius 1 is 0.415 bits per heavy atom. The van der Waals surface area contributed by atoms with E-state index in [-0.39, 0.29) is 5.75 Å². The van der Waals surface area contributed by atoms with Gasteiger partial charge in [0.25, 0.3) is 0 Å². The molecule has 7 aromatic carbocycles. The first-order chi connectivity index (χ1) is 20.1. The Morgan fingerprint density at radius 2 is 0.927 bits per heavy atom. The van der Waals surface area contributed by atoms with Crippen molar-refractivity contribution in [3.8, 4) is 28.0 Å². The standard InChI is InChI=1S/C38H28N2O/c39-37-22-18-28-11-12-32(25-36(28)38(37)41)29-13-14-31-24-35(21-17-30(31)23-29)40(33-9-5-2-6-10-33)34-19-15-27(16-20-34)26-7-3-1-4-8-26/h1-25,41H,39H2. The average Bonchev–Trinajstić information content (AvgIpc) is 3.04. The minimum atomic E-state index is 0.132. The number of rotatable bonds is 5. The first kappa shape index (κ1) is 24.5. The lowest BCUT2D eigenvalue weighted by molar-refractivity contribution is 0.484. The maximum atomic E-state index is 10.5. The molecule has 0 aromatic heterocycles. The van der Waals surface area contributed by atoms with Crippen LogP contribution in [0.4, 0.5) is 22.7 Å². The number of benzene rings is 7. The van der Waals surface area contributed by atoms with Gasteiger partial charge in [-0.15, -0.1) is 0 Å². The molecular formula is C38H28N2O. The van der Waals surface area contributed by atoms with Crippen molar-refractivity contribution < 1.29 is 5.11 Å². The van der Waals surface area contributed by atoms with Crippen molar-refractivity contribution in [2.24, 2.45) is 0 Å². The summed E-state index contributed by atoms with van der Waals surface area (Å²) in [6, 6.07) is 52.5. The van der Waals surface area contributed by atoms with Crippen LogP contribution in [0.2, 0.25) is 0 Å². The summed E-state index contributed by atoms with van der Waals surface area (Å²) in [7, 11) is 0. The molecule has 0 amide bonds. The first-order valence-electron chi connectivity index (χ1n) is 13.7. The zero-order valence-corrected chi connectivity index (χ0v) is 22.4. The zero-order chi connectivity index (χ0) is 27.8. The van der Waals surface area contributed by atoms with Crippen molar-refractivity contribution >= 4 is 44.3 Å². The molecule has 3 nitrogen and oxygen atoms in total. The van der Waals surface area contributed by atoms with Crippen molar-refractivity contribution in [3.05, 3.63) is 152 Å². The molecule has 0 aliphatic heterocycles. The zero-order valence-electron chi connectivity index (χ0n) is 22.4. The fourth-order valence-corrected chi connectivity index (χ4v) is 5.51. The highest BCUT2D eigenvalue weighted by Gasteiger charge is 2.14. The number of phenolic OH excluding ortho intramolecular Hbond substituents is 1. The number of nitrogens with two attached hydrogens (primary N) is 1. The van der Waals surface area contributed by atoms with E-state index in [9.17, 15) is 5.11 Å². The Bertz CT molecular complexity index is 2000. The van der Waals surface area contributed by atoms with Crippen LogP contribution >= 0.6 is 0 Å². The van der Waals surface area contributed by atoms with E-state index in [2.05, 4.69) is 120 Å². The number of fused-ring (bicyclic) bond motifs is 2. The Morgan fingerprint density at radius 3 is 1.68 bits per heavy atom. The lowest BCUT2D eigenvalue weighted by atomic mass is 9.97. The lowest BCUT2D eigenvalue weighted by Gasteiger charge is -2.26. The van der Waals surface area contributed by atoms with Gasteiger partial charge in [-0.2, -0.15) is 0 Å². The first-order valence-corrected chi connectivity index (χ1v) is 13.7. The second-order valence-electron chi connectivity index (χ2n) is 10.3. The van der Waals surface area contributed by atoms with Crippen LogP contribution in [0.3, 0.4) is 0 Å². The van der Waals surface area contributed by atoms with Crippen LogP contribution in [0.25, 0.3) is 43.8 Å². The summed E-state index contributed by atoms with van der Waals surface area (Å²) >= 11 is 0. The fraction of sp³-hybridized carbons (Fsp3) is 0. The Balaban J connectivity index is 1.27. The van der Waals surface area contributed by atoms with Crippen molar-refractivity contribution in [2.45, 2.75) is 0 Å². The van der Waals surface area contributed by atoms with Crippen LogP contribution in [-0.4, -0.2) is 5.11 Å². The van der Waals surface area contributed by atoms with Gasteiger partial charge in [-0.25, -0.2) is 0 Å². The SMILES string of the molecule is Nc1ccc2ccc(-c3ccc4cc(N(c5ccccc5)c5ccc(-c6ccccc6)cc5)ccc4c3)cc2c1O. The fourth-order valence-electron chi connectivity index (χ4n) is 5.51. The monoisotopic (exact) mass is 528 g/mol. The number of para-hydroxylation sites is 1. The van der Waals surface area contributed by atoms with E-state index in [1.807, 2.05) is 30.3 Å². The van der Waals surface area contributed by atoms with Crippen LogP contribution in [0, 0.1) is 0 Å². The highest BCUT2D eigenvalue weighted by atomic mass is 16.3. The largest absolute Gasteiger partial charge is 0.505 e. The minimum Gasteiger partial charge on any atom is -0.505 e. The molecule has 0 saturated carbocycles. The number of anilines is 4. The number of nitrogen functional groups attached to an aromatic ring is 1. The van der Waals surface area contributed by atoms with Crippen molar-refractivity contribution in [1.82, 2.24) is 0 Å². The molecule has 0 unspecified atom stereocenters. The quantitative estimate of drug-likeness (QED) is 0.173. The third kappa shape index (κ3) is 4.64. The minimum absolute atomic E-state index is 0.132. The van der Waals surface area contributed by atoms with E-state index >= 15 is 0 Å². The molecule has 3 N–H and O–H groups in total. The van der Waals surface area contributed by atoms with E-state index < -0.39 is 0 Å². The second kappa shape index (κ2) is 10.2. The van der Waals surface area contributed by atoms with E-state index in [0.717, 1.165) is 49.7 Å². The van der Waals surface area contributed by atoms with E-state index in [1.54, 1.807) is 6.07 Å². The molecule has 0 aliphatic rings. The maximum Gasteiger partial charge on any atom is 0.146 e. The van der Waals surface area contributed by atoms with E-state index in [4.69, 9.17) is 5.73 Å². The second-order valence-corrected chi connectivity index (χ2v) is 10.3. The predicted molar refractivity (Wildman–Crippen MR) is 173 cm³/mol. The molecule has 0 aliphatic carbocycles. The molecule has 3 heteroatoms. The summed E-state index contributed by atoms with van der Waals surface area (Å²) in [4.78, 5) is 2.29. The van der Waals surface area contributed by atoms with Crippen molar-refractivity contribution in [3.63, 3.8) is 0 Å². The molecule has 41 heavy (non-hydrogen) atoms. The third-order valence-corrected chi connectivity index (χ3v) is 7.69. The van der Waals surface area contributed by atoms with Crippen molar-refractivity contribution in [1.29, 1.82) is 0 Å². The highest BCUT2D eigenvalue weighted by Crippen LogP contribution is 2.38. The molecule has 0 fully saturated rings. The van der Waals surface area contributed by atoms with Crippen LogP contribution in [-0.2, 0) is 0 Å². The highest BCUT2D eigenvalue weighted by molar-refractivity contribution is 5.97. The average molecular weight is 529 g/mol. The molecule has 7 rings (SSSR count). The number of hydrogen-bond acceptors (Lipinski definition) is 3. The number of hydrogen-bond donors (Lipinski definition) is 2. The topological polar surface area (TPSA) is 49.5 Å². The van der Waals surface area contributed by atoms with E-state index in [0.29, 0.717) is 5.69 Å². The number of nitrogens with zero attached hydrogens (tertiary/aromatic N) is 1. The molecule has 0 bridgehead atoms. The lowest BCUT2D eigenvalue weighted by Crippen LogP contribution is -2.09. The van der Waals surface area contributed by atoms with Gasteiger partial charge in [0.05, 0.1) is 5.69 Å². The van der Waals surface area contributed by atoms with Gasteiger partial charge in [-0.05, 0) is 93.0 Å². The molecule has 0 heterocycles. The van der Waals surface area contributed by atoms with Gasteiger partial charge < -0.3 is 15.7 Å². The Hall–Kier alpha value is -5.54. The van der Waals surface area contributed by atoms with Gasteiger partial charge in [0.2, 0.25) is 0 Å².